The smallest absolute Gasteiger partial charge is 0.00418 e. The monoisotopic (exact) mass is 201 g/mol. The molecule has 0 bridgehead atoms. The van der Waals surface area contributed by atoms with Crippen LogP contribution in [-0.4, -0.2) is 24.1 Å². The van der Waals surface area contributed by atoms with E-state index in [0.29, 0.717) is 0 Å². The van der Waals surface area contributed by atoms with Crippen molar-refractivity contribution in [2.24, 2.45) is 11.8 Å². The van der Waals surface area contributed by atoms with Gasteiger partial charge in [-0.25, -0.2) is 0 Å². The van der Waals surface area contributed by atoms with E-state index in [1.165, 1.54) is 31.7 Å². The van der Waals surface area contributed by atoms with E-state index >= 15 is 0 Å². The van der Waals surface area contributed by atoms with Crippen LogP contribution in [0.2, 0.25) is 0 Å². The second kappa shape index (κ2) is 5.92. The summed E-state index contributed by atoms with van der Waals surface area (Å²) in [6, 6.07) is 0. The number of hydrogen-bond donors (Lipinski definition) is 1. The van der Waals surface area contributed by atoms with Gasteiger partial charge in [-0.2, -0.15) is 11.8 Å². The summed E-state index contributed by atoms with van der Waals surface area (Å²) in [5.74, 6) is 3.10. The zero-order chi connectivity index (χ0) is 9.68. The zero-order valence-electron chi connectivity index (χ0n) is 9.18. The van der Waals surface area contributed by atoms with Crippen LogP contribution >= 0.6 is 11.8 Å². The minimum Gasteiger partial charge on any atom is -0.316 e. The first-order valence-corrected chi connectivity index (χ1v) is 6.57. The molecule has 0 spiro atoms. The normalized spacial score (nSPS) is 26.3. The third-order valence-corrected chi connectivity index (χ3v) is 4.67. The highest BCUT2D eigenvalue weighted by molar-refractivity contribution is 7.99. The largest absolute Gasteiger partial charge is 0.316 e. The molecule has 1 heterocycles. The molecule has 0 aromatic rings. The Morgan fingerprint density at radius 1 is 1.38 bits per heavy atom. The highest BCUT2D eigenvalue weighted by atomic mass is 32.2. The number of piperidine rings is 1. The van der Waals surface area contributed by atoms with Crippen LogP contribution in [0.1, 0.15) is 33.6 Å². The van der Waals surface area contributed by atoms with Gasteiger partial charge in [0.25, 0.3) is 0 Å². The topological polar surface area (TPSA) is 12.0 Å². The van der Waals surface area contributed by atoms with E-state index in [0.717, 1.165) is 17.1 Å². The van der Waals surface area contributed by atoms with Crippen molar-refractivity contribution in [1.82, 2.24) is 5.32 Å². The summed E-state index contributed by atoms with van der Waals surface area (Å²) in [5, 5.41) is 4.30. The van der Waals surface area contributed by atoms with Crippen molar-refractivity contribution in [3.63, 3.8) is 0 Å². The van der Waals surface area contributed by atoms with Gasteiger partial charge in [0, 0.05) is 5.25 Å². The lowest BCUT2D eigenvalue weighted by atomic mass is 10.0. The highest BCUT2D eigenvalue weighted by Crippen LogP contribution is 2.23. The minimum atomic E-state index is 0.821. The van der Waals surface area contributed by atoms with Gasteiger partial charge in [-0.15, -0.1) is 0 Å². The Balaban J connectivity index is 2.10. The van der Waals surface area contributed by atoms with Crippen LogP contribution in [0, 0.1) is 11.8 Å². The predicted octanol–water partition coefficient (Wildman–Crippen LogP) is 2.76. The van der Waals surface area contributed by atoms with Crippen molar-refractivity contribution in [1.29, 1.82) is 0 Å². The molecule has 78 valence electrons. The number of hydrogen-bond acceptors (Lipinski definition) is 2. The van der Waals surface area contributed by atoms with Crippen molar-refractivity contribution in [2.45, 2.75) is 38.9 Å². The maximum atomic E-state index is 3.47. The number of thioether (sulfide) groups is 1. The lowest BCUT2D eigenvalue weighted by molar-refractivity contribution is 0.410. The van der Waals surface area contributed by atoms with Crippen molar-refractivity contribution in [3.05, 3.63) is 0 Å². The van der Waals surface area contributed by atoms with E-state index in [1.807, 2.05) is 0 Å². The fourth-order valence-electron chi connectivity index (χ4n) is 1.55. The molecule has 0 aliphatic carbocycles. The Bertz CT molecular complexity index is 130. The lowest BCUT2D eigenvalue weighted by Crippen LogP contribution is -2.31. The van der Waals surface area contributed by atoms with Crippen molar-refractivity contribution < 1.29 is 0 Å². The summed E-state index contributed by atoms with van der Waals surface area (Å²) in [4.78, 5) is 0. The molecule has 0 aromatic heterocycles. The Morgan fingerprint density at radius 3 is 2.69 bits per heavy atom. The van der Waals surface area contributed by atoms with Crippen LogP contribution in [-0.2, 0) is 0 Å². The molecule has 1 aliphatic heterocycles. The van der Waals surface area contributed by atoms with Gasteiger partial charge in [0.05, 0.1) is 0 Å². The molecule has 0 saturated carbocycles. The summed E-state index contributed by atoms with van der Waals surface area (Å²) in [5.41, 5.74) is 0. The fourth-order valence-corrected chi connectivity index (χ4v) is 2.79. The first kappa shape index (κ1) is 11.4. The molecule has 0 radical (unpaired) electrons. The lowest BCUT2D eigenvalue weighted by Gasteiger charge is -2.24. The van der Waals surface area contributed by atoms with Gasteiger partial charge in [-0.3, -0.25) is 0 Å². The van der Waals surface area contributed by atoms with Gasteiger partial charge in [-0.1, -0.05) is 20.8 Å². The van der Waals surface area contributed by atoms with Gasteiger partial charge in [-0.05, 0) is 43.5 Å². The molecule has 2 unspecified atom stereocenters. The zero-order valence-corrected chi connectivity index (χ0v) is 9.99. The minimum absolute atomic E-state index is 0.821. The standard InChI is InChI=1S/C11H23NS/c1-9(2)10(3)13-8-11-5-4-6-12-7-11/h9-12H,4-8H2,1-3H3. The Kier molecular flexibility index (Phi) is 5.18. The fraction of sp³-hybridized carbons (Fsp3) is 1.00. The maximum absolute atomic E-state index is 3.47. The maximum Gasteiger partial charge on any atom is 0.00418 e. The third-order valence-electron chi connectivity index (χ3n) is 2.93. The molecule has 2 atom stereocenters. The van der Waals surface area contributed by atoms with E-state index in [-0.39, 0.29) is 0 Å². The molecular weight excluding hydrogens is 178 g/mol. The number of nitrogens with one attached hydrogen (secondary N) is 1. The SMILES string of the molecule is CC(C)C(C)SCC1CCCNC1. The molecule has 1 nitrogen and oxygen atoms in total. The first-order valence-electron chi connectivity index (χ1n) is 5.52. The van der Waals surface area contributed by atoms with Crippen molar-refractivity contribution in [3.8, 4) is 0 Å². The van der Waals surface area contributed by atoms with Crippen LogP contribution in [0.5, 0.6) is 0 Å². The molecule has 1 fully saturated rings. The van der Waals surface area contributed by atoms with Crippen LogP contribution in [0.4, 0.5) is 0 Å². The molecule has 1 aliphatic rings. The summed E-state index contributed by atoms with van der Waals surface area (Å²) in [6.07, 6.45) is 2.81. The third kappa shape index (κ3) is 4.37. The Labute approximate surface area is 87.1 Å². The highest BCUT2D eigenvalue weighted by Gasteiger charge is 2.15. The molecule has 1 saturated heterocycles. The second-order valence-electron chi connectivity index (χ2n) is 4.49. The van der Waals surface area contributed by atoms with E-state index < -0.39 is 0 Å². The van der Waals surface area contributed by atoms with Crippen LogP contribution in [0.3, 0.4) is 0 Å². The average Bonchev–Trinajstić information content (AvgIpc) is 2.15. The van der Waals surface area contributed by atoms with E-state index in [2.05, 4.69) is 37.8 Å². The summed E-state index contributed by atoms with van der Waals surface area (Å²) < 4.78 is 0. The number of rotatable bonds is 4. The molecule has 13 heavy (non-hydrogen) atoms. The summed E-state index contributed by atoms with van der Waals surface area (Å²) in [6.45, 7) is 9.47. The molecule has 0 aromatic carbocycles. The van der Waals surface area contributed by atoms with E-state index in [4.69, 9.17) is 0 Å². The van der Waals surface area contributed by atoms with Gasteiger partial charge in [0.1, 0.15) is 0 Å². The van der Waals surface area contributed by atoms with Gasteiger partial charge < -0.3 is 5.32 Å². The van der Waals surface area contributed by atoms with E-state index in [9.17, 15) is 0 Å². The summed E-state index contributed by atoms with van der Waals surface area (Å²) >= 11 is 2.15. The molecule has 1 rings (SSSR count). The van der Waals surface area contributed by atoms with Gasteiger partial charge in [0.2, 0.25) is 0 Å². The predicted molar refractivity (Wildman–Crippen MR) is 62.4 cm³/mol. The second-order valence-corrected chi connectivity index (χ2v) is 5.91. The summed E-state index contributed by atoms with van der Waals surface area (Å²) in [7, 11) is 0. The van der Waals surface area contributed by atoms with Gasteiger partial charge >= 0.3 is 0 Å². The van der Waals surface area contributed by atoms with Crippen LogP contribution in [0.25, 0.3) is 0 Å². The Morgan fingerprint density at radius 2 is 2.15 bits per heavy atom. The van der Waals surface area contributed by atoms with Crippen molar-refractivity contribution in [2.75, 3.05) is 18.8 Å². The quantitative estimate of drug-likeness (QED) is 0.750. The molecule has 1 N–H and O–H groups in total. The molecule has 2 heteroatoms. The van der Waals surface area contributed by atoms with E-state index in [1.54, 1.807) is 0 Å². The Hall–Kier alpha value is 0.310. The van der Waals surface area contributed by atoms with Gasteiger partial charge in [0.15, 0.2) is 0 Å². The average molecular weight is 201 g/mol. The molecular formula is C11H23NS. The van der Waals surface area contributed by atoms with Crippen molar-refractivity contribution >= 4 is 11.8 Å². The molecule has 0 amide bonds. The van der Waals surface area contributed by atoms with Crippen LogP contribution < -0.4 is 5.32 Å². The first-order chi connectivity index (χ1) is 6.20. The van der Waals surface area contributed by atoms with Crippen LogP contribution in [0.15, 0.2) is 0 Å².